The van der Waals surface area contributed by atoms with Gasteiger partial charge in [-0.3, -0.25) is 14.9 Å². The molecule has 1 aliphatic heterocycles. The average molecular weight is 625 g/mol. The number of amides is 2. The van der Waals surface area contributed by atoms with E-state index in [1.54, 1.807) is 20.2 Å². The van der Waals surface area contributed by atoms with Gasteiger partial charge in [0.15, 0.2) is 9.84 Å². The zero-order chi connectivity index (χ0) is 30.1. The van der Waals surface area contributed by atoms with Crippen LogP contribution in [0, 0.1) is 5.82 Å². The molecule has 1 saturated heterocycles. The van der Waals surface area contributed by atoms with Crippen molar-refractivity contribution in [2.24, 2.45) is 0 Å². The van der Waals surface area contributed by atoms with Crippen LogP contribution in [0.25, 0.3) is 0 Å². The lowest BCUT2D eigenvalue weighted by molar-refractivity contribution is -0.118. The third-order valence-electron chi connectivity index (χ3n) is 7.17. The van der Waals surface area contributed by atoms with Crippen LogP contribution in [-0.4, -0.2) is 62.7 Å². The number of aromatic nitrogens is 1. The summed E-state index contributed by atoms with van der Waals surface area (Å²) in [6, 6.07) is 6.63. The number of rotatable bonds is 11. The van der Waals surface area contributed by atoms with Crippen molar-refractivity contribution in [1.82, 2.24) is 15.4 Å². The number of aryl methyl sites for hydroxylation is 2. The minimum atomic E-state index is -3.91. The van der Waals surface area contributed by atoms with Crippen molar-refractivity contribution in [2.75, 3.05) is 31.3 Å². The SMILES string of the molecule is CCc1noc(CC)c1[C@@H](N[C@H]1CCN(c2ccc(C(=O)N(C)C)cc2F)C1=O)S(=O)(=O)C[C@H](C)c1ccc(Cl)s1. The predicted molar refractivity (Wildman–Crippen MR) is 158 cm³/mol. The molecule has 0 unspecified atom stereocenters. The van der Waals surface area contributed by atoms with Gasteiger partial charge in [0.05, 0.1) is 33.1 Å². The Labute approximate surface area is 248 Å². The number of sulfone groups is 1. The third kappa shape index (κ3) is 6.50. The molecule has 3 aromatic rings. The second-order valence-electron chi connectivity index (χ2n) is 10.3. The lowest BCUT2D eigenvalue weighted by Gasteiger charge is -2.25. The number of hydrogen-bond acceptors (Lipinski definition) is 8. The van der Waals surface area contributed by atoms with Crippen LogP contribution >= 0.6 is 22.9 Å². The highest BCUT2D eigenvalue weighted by atomic mass is 35.5. The zero-order valence-electron chi connectivity index (χ0n) is 23.6. The van der Waals surface area contributed by atoms with Gasteiger partial charge in [0.2, 0.25) is 5.91 Å². The molecule has 0 radical (unpaired) electrons. The molecule has 1 N–H and O–H groups in total. The molecule has 9 nitrogen and oxygen atoms in total. The Kier molecular flexibility index (Phi) is 9.57. The van der Waals surface area contributed by atoms with Crippen LogP contribution in [0.1, 0.15) is 70.7 Å². The van der Waals surface area contributed by atoms with Crippen LogP contribution in [0.5, 0.6) is 0 Å². The van der Waals surface area contributed by atoms with Crippen LogP contribution in [-0.2, 0) is 27.5 Å². The number of anilines is 1. The van der Waals surface area contributed by atoms with E-state index in [4.69, 9.17) is 16.1 Å². The smallest absolute Gasteiger partial charge is 0.253 e. The molecular formula is C28H34ClFN4O5S2. The molecule has 2 aromatic heterocycles. The summed E-state index contributed by atoms with van der Waals surface area (Å²) in [4.78, 5) is 29.2. The average Bonchev–Trinajstić information content (AvgIpc) is 3.64. The highest BCUT2D eigenvalue weighted by molar-refractivity contribution is 7.91. The summed E-state index contributed by atoms with van der Waals surface area (Å²) >= 11 is 7.42. The van der Waals surface area contributed by atoms with Gasteiger partial charge in [-0.1, -0.05) is 37.5 Å². The van der Waals surface area contributed by atoms with Crippen molar-refractivity contribution in [2.45, 2.75) is 57.4 Å². The van der Waals surface area contributed by atoms with E-state index in [1.807, 2.05) is 26.8 Å². The molecule has 1 aliphatic rings. The number of nitrogens with one attached hydrogen (secondary N) is 1. The first-order valence-corrected chi connectivity index (χ1v) is 16.3. The van der Waals surface area contributed by atoms with E-state index in [1.165, 1.54) is 33.3 Å². The Balaban J connectivity index is 1.64. The van der Waals surface area contributed by atoms with Crippen molar-refractivity contribution in [3.05, 3.63) is 67.9 Å². The van der Waals surface area contributed by atoms with E-state index in [2.05, 4.69) is 10.5 Å². The molecule has 222 valence electrons. The molecule has 1 fully saturated rings. The fraction of sp³-hybridized carbons (Fsp3) is 0.464. The highest BCUT2D eigenvalue weighted by Crippen LogP contribution is 2.35. The Hall–Kier alpha value is -2.80. The molecule has 3 atom stereocenters. The highest BCUT2D eigenvalue weighted by Gasteiger charge is 2.41. The first-order valence-electron chi connectivity index (χ1n) is 13.4. The summed E-state index contributed by atoms with van der Waals surface area (Å²) in [5.41, 5.74) is 1.13. The first-order chi connectivity index (χ1) is 19.4. The topological polar surface area (TPSA) is 113 Å². The van der Waals surface area contributed by atoms with Crippen LogP contribution in [0.15, 0.2) is 34.9 Å². The van der Waals surface area contributed by atoms with E-state index in [0.29, 0.717) is 34.2 Å². The molecule has 0 bridgehead atoms. The summed E-state index contributed by atoms with van der Waals surface area (Å²) < 4.78 is 49.2. The monoisotopic (exact) mass is 624 g/mol. The largest absolute Gasteiger partial charge is 0.361 e. The molecular weight excluding hydrogens is 591 g/mol. The summed E-state index contributed by atoms with van der Waals surface area (Å²) in [6.45, 7) is 5.70. The molecule has 4 rings (SSSR count). The van der Waals surface area contributed by atoms with E-state index in [9.17, 15) is 18.0 Å². The lowest BCUT2D eigenvalue weighted by Crippen LogP contribution is -2.44. The first kappa shape index (κ1) is 31.1. The molecule has 1 aromatic carbocycles. The fourth-order valence-corrected chi connectivity index (χ4v) is 8.32. The Morgan fingerprint density at radius 1 is 1.27 bits per heavy atom. The third-order valence-corrected chi connectivity index (χ3v) is 10.7. The quantitative estimate of drug-likeness (QED) is 0.321. The standard InChI is InChI=1S/C28H34ClFN4O5S2/c1-6-19-25(22(7-2)39-32-19)26(41(37,38)15-16(3)23-10-11-24(29)40-23)31-20-12-13-34(28(20)36)21-9-8-17(14-18(21)30)27(35)33(4)5/h8-11,14,16,20,26,31H,6-7,12-13,15H2,1-5H3/t16-,20-,26-/m0/s1. The minimum Gasteiger partial charge on any atom is -0.361 e. The second kappa shape index (κ2) is 12.6. The maximum absolute atomic E-state index is 15.1. The summed E-state index contributed by atoms with van der Waals surface area (Å²) in [5, 5.41) is 5.96. The molecule has 0 aliphatic carbocycles. The van der Waals surface area contributed by atoms with E-state index < -0.39 is 33.0 Å². The normalized spacial score (nSPS) is 17.2. The van der Waals surface area contributed by atoms with Crippen molar-refractivity contribution in [3.8, 4) is 0 Å². The van der Waals surface area contributed by atoms with Crippen molar-refractivity contribution < 1.29 is 26.9 Å². The number of carbonyl (C=O) groups is 2. The van der Waals surface area contributed by atoms with E-state index >= 15 is 4.39 Å². The Morgan fingerprint density at radius 2 is 2.00 bits per heavy atom. The van der Waals surface area contributed by atoms with Crippen LogP contribution in [0.3, 0.4) is 0 Å². The molecule has 0 spiro atoms. The number of hydrogen-bond donors (Lipinski definition) is 1. The predicted octanol–water partition coefficient (Wildman–Crippen LogP) is 4.97. The number of nitrogens with zero attached hydrogens (tertiary/aromatic N) is 3. The van der Waals surface area contributed by atoms with E-state index in [0.717, 1.165) is 10.9 Å². The lowest BCUT2D eigenvalue weighted by atomic mass is 10.1. The maximum Gasteiger partial charge on any atom is 0.253 e. The van der Waals surface area contributed by atoms with Gasteiger partial charge in [0, 0.05) is 43.4 Å². The minimum absolute atomic E-state index is 0.0330. The van der Waals surface area contributed by atoms with Crippen LogP contribution in [0.2, 0.25) is 4.34 Å². The second-order valence-corrected chi connectivity index (χ2v) is 14.2. The van der Waals surface area contributed by atoms with Gasteiger partial charge >= 0.3 is 0 Å². The number of benzene rings is 1. The van der Waals surface area contributed by atoms with Gasteiger partial charge in [-0.05, 0) is 43.2 Å². The number of halogens is 2. The van der Waals surface area contributed by atoms with Crippen LogP contribution in [0.4, 0.5) is 10.1 Å². The van der Waals surface area contributed by atoms with Crippen molar-refractivity contribution in [3.63, 3.8) is 0 Å². The summed E-state index contributed by atoms with van der Waals surface area (Å²) in [5.74, 6) is -1.63. The van der Waals surface area contributed by atoms with Gasteiger partial charge in [-0.2, -0.15) is 0 Å². The number of carbonyl (C=O) groups excluding carboxylic acids is 2. The zero-order valence-corrected chi connectivity index (χ0v) is 26.0. The maximum atomic E-state index is 15.1. The van der Waals surface area contributed by atoms with Gasteiger partial charge < -0.3 is 14.3 Å². The summed E-state index contributed by atoms with van der Waals surface area (Å²) in [7, 11) is -0.771. The summed E-state index contributed by atoms with van der Waals surface area (Å²) in [6.07, 6.45) is 1.11. The van der Waals surface area contributed by atoms with E-state index in [-0.39, 0.29) is 41.8 Å². The Morgan fingerprint density at radius 3 is 2.59 bits per heavy atom. The molecule has 13 heteroatoms. The van der Waals surface area contributed by atoms with Gasteiger partial charge in [-0.25, -0.2) is 12.8 Å². The van der Waals surface area contributed by atoms with Gasteiger partial charge in [0.25, 0.3) is 5.91 Å². The molecule has 0 saturated carbocycles. The molecule has 3 heterocycles. The van der Waals surface area contributed by atoms with Gasteiger partial charge in [0.1, 0.15) is 17.0 Å². The number of thiophene rings is 1. The molecule has 41 heavy (non-hydrogen) atoms. The van der Waals surface area contributed by atoms with Crippen molar-refractivity contribution >= 4 is 50.3 Å². The Bertz CT molecular complexity index is 1520. The fourth-order valence-electron chi connectivity index (χ4n) is 5.04. The molecule has 2 amide bonds. The van der Waals surface area contributed by atoms with Crippen LogP contribution < -0.4 is 10.2 Å². The van der Waals surface area contributed by atoms with Gasteiger partial charge in [-0.15, -0.1) is 11.3 Å². The van der Waals surface area contributed by atoms with Crippen molar-refractivity contribution in [1.29, 1.82) is 0 Å².